The molecule has 0 saturated heterocycles. The van der Waals surface area contributed by atoms with E-state index in [0.717, 1.165) is 18.4 Å². The van der Waals surface area contributed by atoms with E-state index in [2.05, 4.69) is 21.6 Å². The van der Waals surface area contributed by atoms with E-state index < -0.39 is 12.5 Å². The fourth-order valence-corrected chi connectivity index (χ4v) is 2.26. The van der Waals surface area contributed by atoms with E-state index in [9.17, 15) is 17.6 Å². The molecule has 0 aliphatic heterocycles. The van der Waals surface area contributed by atoms with Gasteiger partial charge in [0.05, 0.1) is 0 Å². The highest BCUT2D eigenvalue weighted by Gasteiger charge is 2.43. The normalized spacial score (nSPS) is 11.8. The Hall–Kier alpha value is -2.18. The lowest BCUT2D eigenvalue weighted by atomic mass is 10.1. The molecule has 1 heterocycles. The lowest BCUT2D eigenvalue weighted by molar-refractivity contribution is -0.253. The van der Waals surface area contributed by atoms with Gasteiger partial charge in [-0.1, -0.05) is 26.2 Å². The van der Waals surface area contributed by atoms with Gasteiger partial charge in [0.1, 0.15) is 5.75 Å². The number of alkyl halides is 4. The highest BCUT2D eigenvalue weighted by molar-refractivity contribution is 5.55. The standard InChI is InChI=1S/C18H20F4N2O/c1-2-3-4-5-6-13-11-23-16(24-12-13)14-7-9-15(10-8-14)25-18(21,22)17(19)20/h7-12,17H,2-6H2,1H3. The summed E-state index contributed by atoms with van der Waals surface area (Å²) >= 11 is 0. The van der Waals surface area contributed by atoms with E-state index in [0.29, 0.717) is 11.4 Å². The van der Waals surface area contributed by atoms with Gasteiger partial charge in [-0.05, 0) is 42.7 Å². The molecule has 136 valence electrons. The molecule has 0 N–H and O–H groups in total. The topological polar surface area (TPSA) is 35.0 Å². The number of nitrogens with zero attached hydrogens (tertiary/aromatic N) is 2. The Bertz CT molecular complexity index is 645. The Morgan fingerprint density at radius 3 is 2.20 bits per heavy atom. The Balaban J connectivity index is 1.97. The van der Waals surface area contributed by atoms with Crippen LogP contribution in [0.25, 0.3) is 11.4 Å². The minimum atomic E-state index is -4.52. The maximum absolute atomic E-state index is 12.9. The van der Waals surface area contributed by atoms with Gasteiger partial charge in [-0.2, -0.15) is 17.6 Å². The molecule has 0 unspecified atom stereocenters. The maximum Gasteiger partial charge on any atom is 0.461 e. The molecule has 7 heteroatoms. The van der Waals surface area contributed by atoms with Crippen LogP contribution in [0.2, 0.25) is 0 Å². The van der Waals surface area contributed by atoms with Gasteiger partial charge in [0.25, 0.3) is 0 Å². The quantitative estimate of drug-likeness (QED) is 0.439. The number of benzene rings is 1. The average molecular weight is 356 g/mol. The van der Waals surface area contributed by atoms with Crippen LogP contribution in [0, 0.1) is 0 Å². The monoisotopic (exact) mass is 356 g/mol. The number of aryl methyl sites for hydroxylation is 1. The van der Waals surface area contributed by atoms with Crippen LogP contribution in [0.1, 0.15) is 38.2 Å². The van der Waals surface area contributed by atoms with E-state index >= 15 is 0 Å². The second kappa shape index (κ2) is 8.78. The molecule has 0 spiro atoms. The first kappa shape index (κ1) is 19.1. The Labute approximate surface area is 144 Å². The van der Waals surface area contributed by atoms with Crippen molar-refractivity contribution < 1.29 is 22.3 Å². The number of halogens is 4. The zero-order chi connectivity index (χ0) is 18.3. The molecule has 1 aromatic carbocycles. The Morgan fingerprint density at radius 2 is 1.64 bits per heavy atom. The third-order valence-electron chi connectivity index (χ3n) is 3.64. The maximum atomic E-state index is 12.9. The molecule has 25 heavy (non-hydrogen) atoms. The second-order valence-corrected chi connectivity index (χ2v) is 5.71. The largest absolute Gasteiger partial charge is 0.461 e. The first-order chi connectivity index (χ1) is 11.9. The van der Waals surface area contributed by atoms with Crippen molar-refractivity contribution in [1.82, 2.24) is 9.97 Å². The third kappa shape index (κ3) is 5.69. The van der Waals surface area contributed by atoms with E-state index in [1.807, 2.05) is 0 Å². The summed E-state index contributed by atoms with van der Waals surface area (Å²) in [4.78, 5) is 8.52. The molecule has 0 bridgehead atoms. The van der Waals surface area contributed by atoms with Gasteiger partial charge in [-0.15, -0.1) is 0 Å². The van der Waals surface area contributed by atoms with Gasteiger partial charge in [0.2, 0.25) is 0 Å². The van der Waals surface area contributed by atoms with Crippen molar-refractivity contribution in [1.29, 1.82) is 0 Å². The smallest absolute Gasteiger partial charge is 0.428 e. The first-order valence-electron chi connectivity index (χ1n) is 8.18. The van der Waals surface area contributed by atoms with Crippen LogP contribution in [0.15, 0.2) is 36.7 Å². The van der Waals surface area contributed by atoms with Crippen molar-refractivity contribution in [2.45, 2.75) is 51.6 Å². The van der Waals surface area contributed by atoms with E-state index in [-0.39, 0.29) is 5.75 Å². The van der Waals surface area contributed by atoms with Crippen molar-refractivity contribution in [2.75, 3.05) is 0 Å². The summed E-state index contributed by atoms with van der Waals surface area (Å²) < 4.78 is 54.0. The molecule has 3 nitrogen and oxygen atoms in total. The van der Waals surface area contributed by atoms with Gasteiger partial charge >= 0.3 is 12.5 Å². The average Bonchev–Trinajstić information content (AvgIpc) is 2.60. The number of ether oxygens (including phenoxy) is 1. The molecule has 0 fully saturated rings. The summed E-state index contributed by atoms with van der Waals surface area (Å²) in [5, 5.41) is 0. The number of aromatic nitrogens is 2. The SMILES string of the molecule is CCCCCCc1cnc(-c2ccc(OC(F)(F)C(F)F)cc2)nc1. The third-order valence-corrected chi connectivity index (χ3v) is 3.64. The summed E-state index contributed by atoms with van der Waals surface area (Å²) in [6, 6.07) is 5.28. The van der Waals surface area contributed by atoms with Crippen LogP contribution in [0.5, 0.6) is 5.75 Å². The highest BCUT2D eigenvalue weighted by atomic mass is 19.3. The summed E-state index contributed by atoms with van der Waals surface area (Å²) in [7, 11) is 0. The summed E-state index contributed by atoms with van der Waals surface area (Å²) in [6.45, 7) is 2.16. The molecule has 0 radical (unpaired) electrons. The number of hydrogen-bond donors (Lipinski definition) is 0. The second-order valence-electron chi connectivity index (χ2n) is 5.71. The van der Waals surface area contributed by atoms with Crippen LogP contribution in [-0.2, 0) is 6.42 Å². The van der Waals surface area contributed by atoms with Gasteiger partial charge in [-0.3, -0.25) is 0 Å². The van der Waals surface area contributed by atoms with Crippen LogP contribution in [-0.4, -0.2) is 22.5 Å². The van der Waals surface area contributed by atoms with E-state index in [1.54, 1.807) is 12.4 Å². The Morgan fingerprint density at radius 1 is 1.00 bits per heavy atom. The van der Waals surface area contributed by atoms with Crippen LogP contribution >= 0.6 is 0 Å². The van der Waals surface area contributed by atoms with Crippen molar-refractivity contribution in [2.24, 2.45) is 0 Å². The molecule has 2 rings (SSSR count). The van der Waals surface area contributed by atoms with Gasteiger partial charge in [-0.25, -0.2) is 9.97 Å². The lowest BCUT2D eigenvalue weighted by Gasteiger charge is -2.16. The fraction of sp³-hybridized carbons (Fsp3) is 0.444. The van der Waals surface area contributed by atoms with Crippen LogP contribution in [0.4, 0.5) is 17.6 Å². The van der Waals surface area contributed by atoms with E-state index in [1.165, 1.54) is 43.5 Å². The molecular formula is C18H20F4N2O. The highest BCUT2D eigenvalue weighted by Crippen LogP contribution is 2.28. The Kier molecular flexibility index (Phi) is 6.73. The van der Waals surface area contributed by atoms with Crippen LogP contribution in [0.3, 0.4) is 0 Å². The van der Waals surface area contributed by atoms with Crippen molar-refractivity contribution in [3.05, 3.63) is 42.2 Å². The van der Waals surface area contributed by atoms with Gasteiger partial charge in [0, 0.05) is 18.0 Å². The molecule has 0 saturated carbocycles. The van der Waals surface area contributed by atoms with E-state index in [4.69, 9.17) is 0 Å². The molecule has 0 aliphatic carbocycles. The molecule has 0 atom stereocenters. The zero-order valence-electron chi connectivity index (χ0n) is 13.9. The summed E-state index contributed by atoms with van der Waals surface area (Å²) in [5.74, 6) is 0.0890. The first-order valence-corrected chi connectivity index (χ1v) is 8.18. The minimum absolute atomic E-state index is 0.346. The number of hydrogen-bond acceptors (Lipinski definition) is 3. The predicted molar refractivity (Wildman–Crippen MR) is 86.9 cm³/mol. The zero-order valence-corrected chi connectivity index (χ0v) is 13.9. The molecule has 1 aromatic heterocycles. The molecule has 0 amide bonds. The number of rotatable bonds is 9. The number of unbranched alkanes of at least 4 members (excludes halogenated alkanes) is 3. The van der Waals surface area contributed by atoms with Crippen LogP contribution < -0.4 is 4.74 Å². The fourth-order valence-electron chi connectivity index (χ4n) is 2.26. The molecule has 0 aliphatic rings. The summed E-state index contributed by atoms with van der Waals surface area (Å²) in [6.07, 6.45) is 0.626. The minimum Gasteiger partial charge on any atom is -0.428 e. The molecule has 2 aromatic rings. The van der Waals surface area contributed by atoms with Gasteiger partial charge < -0.3 is 4.74 Å². The lowest BCUT2D eigenvalue weighted by Crippen LogP contribution is -2.33. The predicted octanol–water partition coefficient (Wildman–Crippen LogP) is 5.50. The van der Waals surface area contributed by atoms with Gasteiger partial charge in [0.15, 0.2) is 5.82 Å². The van der Waals surface area contributed by atoms with Crippen molar-refractivity contribution >= 4 is 0 Å². The molecular weight excluding hydrogens is 336 g/mol. The van der Waals surface area contributed by atoms with Crippen molar-refractivity contribution in [3.8, 4) is 17.1 Å². The summed E-state index contributed by atoms with van der Waals surface area (Å²) in [5.41, 5.74) is 1.63. The van der Waals surface area contributed by atoms with Crippen molar-refractivity contribution in [3.63, 3.8) is 0 Å².